The summed E-state index contributed by atoms with van der Waals surface area (Å²) in [5.74, 6) is -0.267. The topological polar surface area (TPSA) is 111 Å². The number of fused-ring (bicyclic) bond motifs is 1. The number of nitrogens with one attached hydrogen (secondary N) is 1. The molecule has 3 aromatic carbocycles. The van der Waals surface area contributed by atoms with Crippen LogP contribution in [-0.2, 0) is 19.6 Å². The van der Waals surface area contributed by atoms with Crippen LogP contribution < -0.4 is 19.1 Å². The number of nitrogens with zero attached hydrogens (tertiary/aromatic N) is 1. The standard InChI is InChI=1S/C27H28N2O7S/c1-4-29(22-8-6-5-7-9-22)37(32,33)25-16-20(11-10-18(25)2)27(31)36-19(3)26(30)28-21-12-13-23-24(17-21)35-15-14-34-23/h5-13,16-17,19H,4,14-15H2,1-3H3,(H,28,30)/t19-/m1/s1. The highest BCUT2D eigenvalue weighted by Crippen LogP contribution is 2.32. The van der Waals surface area contributed by atoms with Gasteiger partial charge in [0.1, 0.15) is 13.2 Å². The van der Waals surface area contributed by atoms with E-state index in [1.54, 1.807) is 68.4 Å². The number of sulfonamides is 1. The SMILES string of the molecule is CCN(c1ccccc1)S(=O)(=O)c1cc(C(=O)O[C@H](C)C(=O)Nc2ccc3c(c2)OCCO3)ccc1C. The summed E-state index contributed by atoms with van der Waals surface area (Å²) in [6.07, 6.45) is -1.14. The zero-order valence-electron chi connectivity index (χ0n) is 20.8. The Hall–Kier alpha value is -4.05. The Balaban J connectivity index is 1.49. The Kier molecular flexibility index (Phi) is 7.68. The molecule has 0 fully saturated rings. The van der Waals surface area contributed by atoms with E-state index in [1.807, 2.05) is 0 Å². The van der Waals surface area contributed by atoms with E-state index in [2.05, 4.69) is 5.32 Å². The van der Waals surface area contributed by atoms with Crippen molar-refractivity contribution in [3.63, 3.8) is 0 Å². The molecule has 0 bridgehead atoms. The number of amides is 1. The van der Waals surface area contributed by atoms with E-state index >= 15 is 0 Å². The van der Waals surface area contributed by atoms with Crippen molar-refractivity contribution in [2.75, 3.05) is 29.4 Å². The number of benzene rings is 3. The summed E-state index contributed by atoms with van der Waals surface area (Å²) in [5, 5.41) is 2.68. The predicted octanol–water partition coefficient (Wildman–Crippen LogP) is 4.17. The highest BCUT2D eigenvalue weighted by molar-refractivity contribution is 7.92. The second-order valence-electron chi connectivity index (χ2n) is 8.38. The summed E-state index contributed by atoms with van der Waals surface area (Å²) in [5.41, 5.74) is 1.48. The van der Waals surface area contributed by atoms with E-state index in [4.69, 9.17) is 14.2 Å². The fourth-order valence-electron chi connectivity index (χ4n) is 3.86. The molecule has 0 spiro atoms. The van der Waals surface area contributed by atoms with Gasteiger partial charge in [0.05, 0.1) is 16.1 Å². The quantitative estimate of drug-likeness (QED) is 0.441. The van der Waals surface area contributed by atoms with Gasteiger partial charge < -0.3 is 19.5 Å². The van der Waals surface area contributed by atoms with Crippen molar-refractivity contribution < 1.29 is 32.2 Å². The van der Waals surface area contributed by atoms with Gasteiger partial charge >= 0.3 is 5.97 Å². The lowest BCUT2D eigenvalue weighted by molar-refractivity contribution is -0.123. The van der Waals surface area contributed by atoms with Crippen LogP contribution in [0.5, 0.6) is 11.5 Å². The molecule has 0 saturated heterocycles. The lowest BCUT2D eigenvalue weighted by Crippen LogP contribution is -2.32. The minimum atomic E-state index is -3.96. The fourth-order valence-corrected chi connectivity index (χ4v) is 5.58. The minimum Gasteiger partial charge on any atom is -0.486 e. The van der Waals surface area contributed by atoms with Gasteiger partial charge in [-0.2, -0.15) is 0 Å². The number of ether oxygens (including phenoxy) is 3. The number of hydrogen-bond acceptors (Lipinski definition) is 7. The number of para-hydroxylation sites is 1. The van der Waals surface area contributed by atoms with Crippen LogP contribution in [0.4, 0.5) is 11.4 Å². The summed E-state index contributed by atoms with van der Waals surface area (Å²) >= 11 is 0. The van der Waals surface area contributed by atoms with Gasteiger partial charge in [0.2, 0.25) is 0 Å². The van der Waals surface area contributed by atoms with Gasteiger partial charge in [0.25, 0.3) is 15.9 Å². The zero-order chi connectivity index (χ0) is 26.6. The molecule has 0 saturated carbocycles. The van der Waals surface area contributed by atoms with Crippen molar-refractivity contribution in [1.82, 2.24) is 0 Å². The number of hydrogen-bond donors (Lipinski definition) is 1. The molecule has 1 N–H and O–H groups in total. The number of esters is 1. The first kappa shape index (κ1) is 26.0. The summed E-state index contributed by atoms with van der Waals surface area (Å²) < 4.78 is 44.6. The number of rotatable bonds is 8. The number of carbonyl (C=O) groups excluding carboxylic acids is 2. The monoisotopic (exact) mass is 524 g/mol. The summed E-state index contributed by atoms with van der Waals surface area (Å²) in [7, 11) is -3.96. The minimum absolute atomic E-state index is 0.0129. The maximum atomic E-state index is 13.5. The van der Waals surface area contributed by atoms with Crippen LogP contribution in [-0.4, -0.2) is 46.2 Å². The Labute approximate surface area is 216 Å². The summed E-state index contributed by atoms with van der Waals surface area (Å²) in [6, 6.07) is 18.0. The summed E-state index contributed by atoms with van der Waals surface area (Å²) in [4.78, 5) is 25.5. The highest BCUT2D eigenvalue weighted by atomic mass is 32.2. The van der Waals surface area contributed by atoms with Gasteiger partial charge in [-0.3, -0.25) is 9.10 Å². The van der Waals surface area contributed by atoms with Crippen molar-refractivity contribution in [2.24, 2.45) is 0 Å². The maximum Gasteiger partial charge on any atom is 0.338 e. The third kappa shape index (κ3) is 5.69. The van der Waals surface area contributed by atoms with E-state index in [0.29, 0.717) is 41.7 Å². The van der Waals surface area contributed by atoms with E-state index in [-0.39, 0.29) is 17.0 Å². The molecule has 0 aliphatic carbocycles. The molecule has 194 valence electrons. The highest BCUT2D eigenvalue weighted by Gasteiger charge is 2.27. The molecule has 0 aromatic heterocycles. The second-order valence-corrected chi connectivity index (χ2v) is 10.2. The third-order valence-electron chi connectivity index (χ3n) is 5.79. The normalized spacial score (nSPS) is 13.4. The van der Waals surface area contributed by atoms with Crippen molar-refractivity contribution in [2.45, 2.75) is 31.8 Å². The molecule has 9 nitrogen and oxygen atoms in total. The van der Waals surface area contributed by atoms with Crippen molar-refractivity contribution >= 4 is 33.3 Å². The smallest absolute Gasteiger partial charge is 0.338 e. The van der Waals surface area contributed by atoms with E-state index in [0.717, 1.165) is 0 Å². The van der Waals surface area contributed by atoms with Crippen LogP contribution in [0.3, 0.4) is 0 Å². The second kappa shape index (κ2) is 10.9. The first-order valence-electron chi connectivity index (χ1n) is 11.8. The lowest BCUT2D eigenvalue weighted by Gasteiger charge is -2.24. The fraction of sp³-hybridized carbons (Fsp3) is 0.259. The lowest BCUT2D eigenvalue weighted by atomic mass is 10.1. The van der Waals surface area contributed by atoms with Gasteiger partial charge in [0, 0.05) is 18.3 Å². The van der Waals surface area contributed by atoms with Crippen LogP contribution in [0.2, 0.25) is 0 Å². The average molecular weight is 525 g/mol. The predicted molar refractivity (Wildman–Crippen MR) is 139 cm³/mol. The molecule has 3 aromatic rings. The first-order chi connectivity index (χ1) is 17.7. The average Bonchev–Trinajstić information content (AvgIpc) is 2.89. The Morgan fingerprint density at radius 3 is 2.41 bits per heavy atom. The van der Waals surface area contributed by atoms with Crippen LogP contribution >= 0.6 is 0 Å². The molecule has 1 aliphatic heterocycles. The Morgan fingerprint density at radius 2 is 1.70 bits per heavy atom. The van der Waals surface area contributed by atoms with Crippen molar-refractivity contribution in [3.05, 3.63) is 77.9 Å². The molecule has 0 radical (unpaired) electrons. The van der Waals surface area contributed by atoms with Gasteiger partial charge in [-0.05, 0) is 62.7 Å². The van der Waals surface area contributed by atoms with Gasteiger partial charge in [-0.25, -0.2) is 13.2 Å². The molecule has 1 amide bonds. The van der Waals surface area contributed by atoms with Crippen LogP contribution in [0.15, 0.2) is 71.6 Å². The summed E-state index contributed by atoms with van der Waals surface area (Å²) in [6.45, 7) is 5.90. The Bertz CT molecular complexity index is 1410. The van der Waals surface area contributed by atoms with E-state index in [9.17, 15) is 18.0 Å². The van der Waals surface area contributed by atoms with Gasteiger partial charge in [-0.1, -0.05) is 24.3 Å². The van der Waals surface area contributed by atoms with Crippen LogP contribution in [0.25, 0.3) is 0 Å². The number of carbonyl (C=O) groups is 2. The molecule has 4 rings (SSSR count). The molecule has 1 heterocycles. The maximum absolute atomic E-state index is 13.5. The largest absolute Gasteiger partial charge is 0.486 e. The number of anilines is 2. The van der Waals surface area contributed by atoms with E-state index in [1.165, 1.54) is 23.4 Å². The third-order valence-corrected chi connectivity index (χ3v) is 7.83. The van der Waals surface area contributed by atoms with Crippen LogP contribution in [0, 0.1) is 6.92 Å². The molecule has 0 unspecified atom stereocenters. The van der Waals surface area contributed by atoms with Gasteiger partial charge in [0.15, 0.2) is 17.6 Å². The Morgan fingerprint density at radius 1 is 1.00 bits per heavy atom. The molecular weight excluding hydrogens is 496 g/mol. The van der Waals surface area contributed by atoms with Crippen LogP contribution in [0.1, 0.15) is 29.8 Å². The van der Waals surface area contributed by atoms with Gasteiger partial charge in [-0.15, -0.1) is 0 Å². The molecule has 1 aliphatic rings. The number of aryl methyl sites for hydroxylation is 1. The molecular formula is C27H28N2O7S. The first-order valence-corrected chi connectivity index (χ1v) is 13.2. The zero-order valence-corrected chi connectivity index (χ0v) is 21.6. The molecule has 37 heavy (non-hydrogen) atoms. The van der Waals surface area contributed by atoms with Crippen molar-refractivity contribution in [1.29, 1.82) is 0 Å². The molecule has 10 heteroatoms. The molecule has 1 atom stereocenters. The van der Waals surface area contributed by atoms with E-state index < -0.39 is 28.0 Å². The van der Waals surface area contributed by atoms with Crippen molar-refractivity contribution in [3.8, 4) is 11.5 Å².